The topological polar surface area (TPSA) is 53.7 Å². The van der Waals surface area contributed by atoms with E-state index in [4.69, 9.17) is 9.52 Å². The molecule has 1 saturated heterocycles. The lowest BCUT2D eigenvalue weighted by molar-refractivity contribution is 0.0785. The van der Waals surface area contributed by atoms with Crippen LogP contribution in [0, 0.1) is 5.92 Å². The number of carbonyl (C=O) groups is 1. The van der Waals surface area contributed by atoms with Gasteiger partial charge in [-0.2, -0.15) is 0 Å². The second-order valence-corrected chi connectivity index (χ2v) is 5.06. The van der Waals surface area contributed by atoms with Gasteiger partial charge in [0.15, 0.2) is 0 Å². The molecule has 4 nitrogen and oxygen atoms in total. The van der Waals surface area contributed by atoms with Crippen molar-refractivity contribution in [2.45, 2.75) is 12.8 Å². The van der Waals surface area contributed by atoms with Crippen molar-refractivity contribution in [1.82, 2.24) is 4.90 Å². The molecule has 4 heteroatoms. The van der Waals surface area contributed by atoms with Gasteiger partial charge in [-0.3, -0.25) is 4.79 Å². The Balaban J connectivity index is 1.81. The summed E-state index contributed by atoms with van der Waals surface area (Å²) in [4.78, 5) is 14.3. The Morgan fingerprint density at radius 3 is 3.11 bits per heavy atom. The van der Waals surface area contributed by atoms with E-state index in [1.54, 1.807) is 6.26 Å². The molecule has 1 aromatic heterocycles. The molecule has 1 atom stereocenters. The first-order chi connectivity index (χ1) is 9.29. The number of hydrogen-bond acceptors (Lipinski definition) is 3. The molecule has 1 fully saturated rings. The lowest BCUT2D eigenvalue weighted by Crippen LogP contribution is -2.28. The molecule has 1 N–H and O–H groups in total. The molecule has 3 rings (SSSR count). The number of rotatable bonds is 3. The van der Waals surface area contributed by atoms with Gasteiger partial charge in [0.05, 0.1) is 5.56 Å². The zero-order valence-electron chi connectivity index (χ0n) is 10.7. The number of nitrogens with zero attached hydrogens (tertiary/aromatic N) is 1. The van der Waals surface area contributed by atoms with Gasteiger partial charge >= 0.3 is 0 Å². The smallest absolute Gasteiger partial charge is 0.257 e. The van der Waals surface area contributed by atoms with Gasteiger partial charge in [0.25, 0.3) is 5.91 Å². The van der Waals surface area contributed by atoms with E-state index in [0.29, 0.717) is 11.5 Å². The third-order valence-electron chi connectivity index (χ3n) is 3.82. The molecule has 0 radical (unpaired) electrons. The Bertz CT molecular complexity index is 590. The molecule has 1 aliphatic rings. The lowest BCUT2D eigenvalue weighted by Gasteiger charge is -2.15. The molecule has 2 aromatic rings. The summed E-state index contributed by atoms with van der Waals surface area (Å²) in [5.74, 6) is 0.456. The first-order valence-electron chi connectivity index (χ1n) is 6.66. The van der Waals surface area contributed by atoms with Crippen molar-refractivity contribution < 1.29 is 14.3 Å². The molecule has 100 valence electrons. The van der Waals surface area contributed by atoms with Crippen molar-refractivity contribution in [2.24, 2.45) is 5.92 Å². The van der Waals surface area contributed by atoms with Crippen LogP contribution in [0.1, 0.15) is 23.2 Å². The summed E-state index contributed by atoms with van der Waals surface area (Å²) in [6, 6.07) is 7.58. The summed E-state index contributed by atoms with van der Waals surface area (Å²) in [5.41, 5.74) is 1.39. The first-order valence-corrected chi connectivity index (χ1v) is 6.66. The highest BCUT2D eigenvalue weighted by atomic mass is 16.3. The number of carbonyl (C=O) groups excluding carboxylic acids is 1. The van der Waals surface area contributed by atoms with Gasteiger partial charge in [-0.1, -0.05) is 18.2 Å². The Morgan fingerprint density at radius 2 is 2.26 bits per heavy atom. The molecule has 0 aliphatic carbocycles. The van der Waals surface area contributed by atoms with Crippen molar-refractivity contribution in [2.75, 3.05) is 19.7 Å². The van der Waals surface area contributed by atoms with Crippen LogP contribution in [-0.4, -0.2) is 35.6 Å². The molecule has 1 amide bonds. The fourth-order valence-electron chi connectivity index (χ4n) is 2.75. The van der Waals surface area contributed by atoms with Crippen LogP contribution in [0.5, 0.6) is 0 Å². The Morgan fingerprint density at radius 1 is 1.42 bits per heavy atom. The van der Waals surface area contributed by atoms with E-state index < -0.39 is 0 Å². The summed E-state index contributed by atoms with van der Waals surface area (Å²) in [6.45, 7) is 1.70. The predicted molar refractivity (Wildman–Crippen MR) is 71.9 cm³/mol. The number of furan rings is 1. The van der Waals surface area contributed by atoms with E-state index in [1.807, 2.05) is 29.2 Å². The van der Waals surface area contributed by atoms with Crippen LogP contribution in [0.25, 0.3) is 11.0 Å². The zero-order chi connectivity index (χ0) is 13.2. The van der Waals surface area contributed by atoms with Gasteiger partial charge in [-0.25, -0.2) is 0 Å². The highest BCUT2D eigenvalue weighted by molar-refractivity contribution is 6.05. The van der Waals surface area contributed by atoms with Gasteiger partial charge in [-0.15, -0.1) is 0 Å². The predicted octanol–water partition coefficient (Wildman–Crippen LogP) is 2.28. The highest BCUT2D eigenvalue weighted by Gasteiger charge is 2.28. The van der Waals surface area contributed by atoms with Crippen molar-refractivity contribution in [1.29, 1.82) is 0 Å². The van der Waals surface area contributed by atoms with Crippen LogP contribution in [-0.2, 0) is 0 Å². The quantitative estimate of drug-likeness (QED) is 0.920. The molecule has 19 heavy (non-hydrogen) atoms. The maximum absolute atomic E-state index is 12.5. The summed E-state index contributed by atoms with van der Waals surface area (Å²) < 4.78 is 5.42. The Labute approximate surface area is 111 Å². The normalized spacial score (nSPS) is 19.2. The first kappa shape index (κ1) is 12.2. The zero-order valence-corrected chi connectivity index (χ0v) is 10.7. The molecule has 1 aliphatic heterocycles. The molecule has 0 bridgehead atoms. The van der Waals surface area contributed by atoms with Gasteiger partial charge in [0, 0.05) is 25.1 Å². The number of amides is 1. The van der Waals surface area contributed by atoms with Crippen molar-refractivity contribution in [3.63, 3.8) is 0 Å². The lowest BCUT2D eigenvalue weighted by atomic mass is 10.1. The summed E-state index contributed by atoms with van der Waals surface area (Å²) in [6.07, 6.45) is 3.30. The molecule has 0 saturated carbocycles. The van der Waals surface area contributed by atoms with Crippen molar-refractivity contribution in [3.8, 4) is 0 Å². The summed E-state index contributed by atoms with van der Waals surface area (Å²) >= 11 is 0. The minimum absolute atomic E-state index is 0.0328. The number of hydrogen-bond donors (Lipinski definition) is 1. The van der Waals surface area contributed by atoms with Crippen LogP contribution in [0.3, 0.4) is 0 Å². The number of aliphatic hydroxyl groups excluding tert-OH is 1. The van der Waals surface area contributed by atoms with Crippen LogP contribution in [0.4, 0.5) is 0 Å². The Kier molecular flexibility index (Phi) is 3.25. The highest BCUT2D eigenvalue weighted by Crippen LogP contribution is 2.26. The van der Waals surface area contributed by atoms with Gasteiger partial charge < -0.3 is 14.4 Å². The third kappa shape index (κ3) is 2.24. The van der Waals surface area contributed by atoms with Crippen LogP contribution < -0.4 is 0 Å². The third-order valence-corrected chi connectivity index (χ3v) is 3.82. The van der Waals surface area contributed by atoms with Crippen LogP contribution in [0.2, 0.25) is 0 Å². The monoisotopic (exact) mass is 259 g/mol. The molecule has 1 aromatic carbocycles. The second kappa shape index (κ2) is 5.05. The van der Waals surface area contributed by atoms with Crippen molar-refractivity contribution >= 4 is 16.9 Å². The number of fused-ring (bicyclic) bond motifs is 1. The molecule has 1 unspecified atom stereocenters. The maximum Gasteiger partial charge on any atom is 0.257 e. The Hall–Kier alpha value is -1.81. The fourth-order valence-corrected chi connectivity index (χ4v) is 2.75. The fraction of sp³-hybridized carbons (Fsp3) is 0.400. The summed E-state index contributed by atoms with van der Waals surface area (Å²) in [7, 11) is 0. The number of likely N-dealkylation sites (tertiary alicyclic amines) is 1. The van der Waals surface area contributed by atoms with Crippen molar-refractivity contribution in [3.05, 3.63) is 36.1 Å². The largest absolute Gasteiger partial charge is 0.463 e. The van der Waals surface area contributed by atoms with Crippen LogP contribution >= 0.6 is 0 Å². The van der Waals surface area contributed by atoms with E-state index in [1.165, 1.54) is 0 Å². The standard InChI is InChI=1S/C15H17NO3/c17-8-6-11-5-7-16(9-11)15(18)13-10-19-14-4-2-1-3-12(13)14/h1-4,10-11,17H,5-9H2. The maximum atomic E-state index is 12.5. The van der Waals surface area contributed by atoms with Gasteiger partial charge in [0.2, 0.25) is 0 Å². The minimum Gasteiger partial charge on any atom is -0.463 e. The molecule has 0 spiro atoms. The molecular weight excluding hydrogens is 242 g/mol. The van der Waals surface area contributed by atoms with Gasteiger partial charge in [0.1, 0.15) is 11.8 Å². The van der Waals surface area contributed by atoms with E-state index in [0.717, 1.165) is 36.9 Å². The number of benzene rings is 1. The average molecular weight is 259 g/mol. The second-order valence-electron chi connectivity index (χ2n) is 5.06. The minimum atomic E-state index is 0.0328. The van der Waals surface area contributed by atoms with E-state index in [-0.39, 0.29) is 12.5 Å². The van der Waals surface area contributed by atoms with E-state index >= 15 is 0 Å². The number of aliphatic hydroxyl groups is 1. The van der Waals surface area contributed by atoms with E-state index in [2.05, 4.69) is 0 Å². The molecule has 2 heterocycles. The average Bonchev–Trinajstić information content (AvgIpc) is 3.05. The van der Waals surface area contributed by atoms with Gasteiger partial charge in [-0.05, 0) is 24.8 Å². The molecular formula is C15H17NO3. The summed E-state index contributed by atoms with van der Waals surface area (Å²) in [5, 5.41) is 9.83. The van der Waals surface area contributed by atoms with Crippen LogP contribution in [0.15, 0.2) is 34.9 Å². The SMILES string of the molecule is O=C(c1coc2ccccc12)N1CCC(CCO)C1. The number of para-hydroxylation sites is 1. The van der Waals surface area contributed by atoms with E-state index in [9.17, 15) is 4.79 Å².